The molecule has 20 heavy (non-hydrogen) atoms. The van der Waals surface area contributed by atoms with Crippen LogP contribution in [0.25, 0.3) is 16.9 Å². The number of aromatic nitrogens is 4. The van der Waals surface area contributed by atoms with Crippen molar-refractivity contribution in [1.82, 2.24) is 19.6 Å². The number of benzene rings is 1. The van der Waals surface area contributed by atoms with Crippen molar-refractivity contribution in [3.8, 4) is 11.1 Å². The molecule has 3 rings (SSSR count). The molecule has 0 fully saturated rings. The van der Waals surface area contributed by atoms with Gasteiger partial charge in [-0.15, -0.1) is 0 Å². The largest absolute Gasteiger partial charge is 0.383 e. The maximum atomic E-state index is 6.20. The Morgan fingerprint density at radius 3 is 3.00 bits per heavy atom. The number of hydrogen-bond donors (Lipinski definition) is 1. The Morgan fingerprint density at radius 2 is 2.25 bits per heavy atom. The molecule has 6 nitrogen and oxygen atoms in total. The van der Waals surface area contributed by atoms with Gasteiger partial charge in [0.15, 0.2) is 0 Å². The number of nitrogens with zero attached hydrogens (tertiary/aromatic N) is 4. The summed E-state index contributed by atoms with van der Waals surface area (Å²) in [5.41, 5.74) is 8.52. The number of ether oxygens (including phenoxy) is 1. The topological polar surface area (TPSA) is 78.3 Å². The number of nitrogens with two attached hydrogens (primary N) is 1. The monoisotopic (exact) mass is 289 g/mol. The minimum Gasteiger partial charge on any atom is -0.383 e. The summed E-state index contributed by atoms with van der Waals surface area (Å²) >= 11 is 6.05. The van der Waals surface area contributed by atoms with Gasteiger partial charge in [0, 0.05) is 17.7 Å². The highest BCUT2D eigenvalue weighted by molar-refractivity contribution is 6.30. The van der Waals surface area contributed by atoms with E-state index >= 15 is 0 Å². The molecule has 2 aromatic heterocycles. The van der Waals surface area contributed by atoms with Gasteiger partial charge in [-0.25, -0.2) is 4.98 Å². The van der Waals surface area contributed by atoms with Gasteiger partial charge in [0.1, 0.15) is 12.1 Å². The lowest BCUT2D eigenvalue weighted by molar-refractivity contribution is 0.182. The van der Waals surface area contributed by atoms with Crippen molar-refractivity contribution >= 4 is 23.2 Å². The van der Waals surface area contributed by atoms with Gasteiger partial charge in [0.2, 0.25) is 0 Å². The van der Waals surface area contributed by atoms with Crippen molar-refractivity contribution in [1.29, 1.82) is 0 Å². The molecule has 0 spiro atoms. The first-order valence-corrected chi connectivity index (χ1v) is 6.31. The lowest BCUT2D eigenvalue weighted by atomic mass is 10.0. The Morgan fingerprint density at radius 1 is 1.40 bits per heavy atom. The number of methoxy groups -OCH3 is 1. The number of anilines is 1. The fourth-order valence-electron chi connectivity index (χ4n) is 2.11. The Kier molecular flexibility index (Phi) is 3.25. The zero-order valence-corrected chi connectivity index (χ0v) is 11.5. The van der Waals surface area contributed by atoms with Crippen LogP contribution in [0, 0.1) is 0 Å². The second-order valence-corrected chi connectivity index (χ2v) is 4.67. The van der Waals surface area contributed by atoms with E-state index in [-0.39, 0.29) is 0 Å². The highest BCUT2D eigenvalue weighted by atomic mass is 35.5. The molecule has 0 saturated heterocycles. The summed E-state index contributed by atoms with van der Waals surface area (Å²) in [6.07, 6.45) is 1.41. The quantitative estimate of drug-likeness (QED) is 0.799. The standard InChI is InChI=1S/C13H12ClN5O/c1-20-6-10-11(8-3-2-4-9(14)5-8)12(15)19-13(18-10)16-7-17-19/h2-5,7H,6,15H2,1H3. The summed E-state index contributed by atoms with van der Waals surface area (Å²) in [5.74, 6) is 0.905. The predicted octanol–water partition coefficient (Wildman–Crippen LogP) is 2.17. The van der Waals surface area contributed by atoms with Gasteiger partial charge in [0.25, 0.3) is 5.78 Å². The van der Waals surface area contributed by atoms with E-state index in [1.165, 1.54) is 10.8 Å². The van der Waals surface area contributed by atoms with E-state index < -0.39 is 0 Å². The van der Waals surface area contributed by atoms with Crippen LogP contribution in [-0.2, 0) is 11.3 Å². The lowest BCUT2D eigenvalue weighted by Gasteiger charge is -2.12. The molecular formula is C13H12ClN5O. The summed E-state index contributed by atoms with van der Waals surface area (Å²) in [7, 11) is 1.60. The molecule has 0 aliphatic rings. The molecule has 0 amide bonds. The SMILES string of the molecule is COCc1nc2ncnn2c(N)c1-c1cccc(Cl)c1. The molecule has 7 heteroatoms. The van der Waals surface area contributed by atoms with Gasteiger partial charge >= 0.3 is 0 Å². The Labute approximate surface area is 120 Å². The second kappa shape index (κ2) is 5.07. The van der Waals surface area contributed by atoms with Gasteiger partial charge in [0.05, 0.1) is 12.3 Å². The van der Waals surface area contributed by atoms with Gasteiger partial charge in [-0.3, -0.25) is 0 Å². The molecule has 0 radical (unpaired) electrons. The first-order valence-electron chi connectivity index (χ1n) is 5.93. The number of rotatable bonds is 3. The van der Waals surface area contributed by atoms with Crippen molar-refractivity contribution in [3.05, 3.63) is 41.3 Å². The van der Waals surface area contributed by atoms with Gasteiger partial charge in [-0.1, -0.05) is 23.7 Å². The van der Waals surface area contributed by atoms with Crippen LogP contribution in [0.1, 0.15) is 5.69 Å². The molecule has 0 bridgehead atoms. The van der Waals surface area contributed by atoms with E-state index in [2.05, 4.69) is 15.1 Å². The van der Waals surface area contributed by atoms with E-state index in [1.54, 1.807) is 13.2 Å². The minimum absolute atomic E-state index is 0.329. The average molecular weight is 290 g/mol. The van der Waals surface area contributed by atoms with Gasteiger partial charge < -0.3 is 10.5 Å². The molecular weight excluding hydrogens is 278 g/mol. The van der Waals surface area contributed by atoms with Crippen LogP contribution < -0.4 is 5.73 Å². The Hall–Kier alpha value is -2.18. The molecule has 0 atom stereocenters. The first kappa shape index (κ1) is 12.8. The summed E-state index contributed by atoms with van der Waals surface area (Å²) in [5, 5.41) is 4.70. The molecule has 2 N–H and O–H groups in total. The predicted molar refractivity (Wildman–Crippen MR) is 76.4 cm³/mol. The fraction of sp³-hybridized carbons (Fsp3) is 0.154. The van der Waals surface area contributed by atoms with Crippen LogP contribution >= 0.6 is 11.6 Å². The van der Waals surface area contributed by atoms with Crippen LogP contribution in [0.5, 0.6) is 0 Å². The van der Waals surface area contributed by atoms with Gasteiger partial charge in [-0.05, 0) is 17.7 Å². The third kappa shape index (κ3) is 2.09. The molecule has 3 aromatic rings. The molecule has 0 aliphatic heterocycles. The Bertz CT molecular complexity index is 771. The number of halogens is 1. The number of hydrogen-bond acceptors (Lipinski definition) is 5. The summed E-state index contributed by atoms with van der Waals surface area (Å²) in [6, 6.07) is 7.41. The summed E-state index contributed by atoms with van der Waals surface area (Å²) < 4.78 is 6.69. The fourth-order valence-corrected chi connectivity index (χ4v) is 2.30. The van der Waals surface area contributed by atoms with Crippen molar-refractivity contribution < 1.29 is 4.74 Å². The molecule has 2 heterocycles. The van der Waals surface area contributed by atoms with Crippen LogP contribution in [0.2, 0.25) is 5.02 Å². The van der Waals surface area contributed by atoms with Crippen LogP contribution in [-0.4, -0.2) is 26.7 Å². The number of nitrogen functional groups attached to an aromatic ring is 1. The minimum atomic E-state index is 0.329. The van der Waals surface area contributed by atoms with E-state index in [9.17, 15) is 0 Å². The summed E-state index contributed by atoms with van der Waals surface area (Å²) in [4.78, 5) is 8.49. The number of fused-ring (bicyclic) bond motifs is 1. The maximum absolute atomic E-state index is 6.20. The van der Waals surface area contributed by atoms with Crippen molar-refractivity contribution in [2.75, 3.05) is 12.8 Å². The molecule has 0 unspecified atom stereocenters. The van der Waals surface area contributed by atoms with E-state index in [0.717, 1.165) is 11.1 Å². The first-order chi connectivity index (χ1) is 9.70. The van der Waals surface area contributed by atoms with Gasteiger partial charge in [-0.2, -0.15) is 14.6 Å². The maximum Gasteiger partial charge on any atom is 0.254 e. The third-order valence-corrected chi connectivity index (χ3v) is 3.17. The third-order valence-electron chi connectivity index (χ3n) is 2.93. The van der Waals surface area contributed by atoms with Crippen molar-refractivity contribution in [3.63, 3.8) is 0 Å². The molecule has 102 valence electrons. The highest BCUT2D eigenvalue weighted by Gasteiger charge is 2.16. The van der Waals surface area contributed by atoms with E-state index in [4.69, 9.17) is 22.1 Å². The van der Waals surface area contributed by atoms with E-state index in [1.807, 2.05) is 18.2 Å². The average Bonchev–Trinajstić information content (AvgIpc) is 2.88. The zero-order valence-electron chi connectivity index (χ0n) is 10.7. The highest BCUT2D eigenvalue weighted by Crippen LogP contribution is 2.31. The van der Waals surface area contributed by atoms with Crippen LogP contribution in [0.3, 0.4) is 0 Å². The molecule has 0 saturated carbocycles. The summed E-state index contributed by atoms with van der Waals surface area (Å²) in [6.45, 7) is 0.329. The molecule has 1 aromatic carbocycles. The van der Waals surface area contributed by atoms with Crippen molar-refractivity contribution in [2.24, 2.45) is 0 Å². The second-order valence-electron chi connectivity index (χ2n) is 4.23. The zero-order chi connectivity index (χ0) is 14.1. The van der Waals surface area contributed by atoms with Crippen LogP contribution in [0.4, 0.5) is 5.82 Å². The lowest BCUT2D eigenvalue weighted by Crippen LogP contribution is -2.08. The van der Waals surface area contributed by atoms with Crippen LogP contribution in [0.15, 0.2) is 30.6 Å². The van der Waals surface area contributed by atoms with Crippen molar-refractivity contribution in [2.45, 2.75) is 6.61 Å². The molecule has 0 aliphatic carbocycles. The normalized spacial score (nSPS) is 11.1. The van der Waals surface area contributed by atoms with E-state index in [0.29, 0.717) is 28.9 Å². The smallest absolute Gasteiger partial charge is 0.254 e. The Balaban J connectivity index is 2.31.